The molecule has 3 rings (SSSR count). The first kappa shape index (κ1) is 15.3. The fraction of sp³-hybridized carbons (Fsp3) is 0.0625. The molecule has 1 aromatic carbocycles. The quantitative estimate of drug-likeness (QED) is 0.792. The van der Waals surface area contributed by atoms with E-state index >= 15 is 0 Å². The minimum Gasteiger partial charge on any atom is -0.492 e. The van der Waals surface area contributed by atoms with Gasteiger partial charge in [-0.1, -0.05) is 12.1 Å². The lowest BCUT2D eigenvalue weighted by Crippen LogP contribution is -2.29. The second kappa shape index (κ2) is 5.92. The molecular weight excluding hydrogens is 316 g/mol. The molecule has 0 bridgehead atoms. The van der Waals surface area contributed by atoms with Crippen molar-refractivity contribution in [3.8, 4) is 11.8 Å². The van der Waals surface area contributed by atoms with Crippen molar-refractivity contribution >= 4 is 23.5 Å². The minimum atomic E-state index is -0.709. The van der Waals surface area contributed by atoms with E-state index in [2.05, 4.69) is 0 Å². The molecule has 122 valence electrons. The summed E-state index contributed by atoms with van der Waals surface area (Å²) < 4.78 is 0.601. The topological polar surface area (TPSA) is 109 Å². The fourth-order valence-electron chi connectivity index (χ4n) is 2.21. The van der Waals surface area contributed by atoms with Gasteiger partial charge in [0.1, 0.15) is 0 Å². The Morgan fingerprint density at radius 1 is 0.917 bits per heavy atom. The van der Waals surface area contributed by atoms with Crippen molar-refractivity contribution < 1.29 is 29.4 Å². The van der Waals surface area contributed by atoms with Crippen LogP contribution in [0.1, 0.15) is 5.56 Å². The highest BCUT2D eigenvalue weighted by atomic mass is 16.7. The molecule has 0 spiro atoms. The smallest absolute Gasteiger partial charge is 0.337 e. The Labute approximate surface area is 135 Å². The third-order valence-corrected chi connectivity index (χ3v) is 3.34. The van der Waals surface area contributed by atoms with Gasteiger partial charge in [-0.2, -0.15) is 0 Å². The van der Waals surface area contributed by atoms with Crippen LogP contribution in [-0.2, 0) is 20.8 Å². The molecule has 0 saturated carbocycles. The van der Waals surface area contributed by atoms with Crippen LogP contribution >= 0.6 is 0 Å². The van der Waals surface area contributed by atoms with Crippen LogP contribution < -0.4 is 9.74 Å². The van der Waals surface area contributed by atoms with E-state index in [-0.39, 0.29) is 6.42 Å². The molecule has 8 nitrogen and oxygen atoms in total. The summed E-state index contributed by atoms with van der Waals surface area (Å²) in [5.74, 6) is -2.37. The van der Waals surface area contributed by atoms with Gasteiger partial charge in [0.05, 0.1) is 12.1 Å². The Kier molecular flexibility index (Phi) is 3.78. The number of nitrogens with zero attached hydrogens (tertiary/aromatic N) is 2. The molecule has 0 fully saturated rings. The van der Waals surface area contributed by atoms with Crippen LogP contribution in [-0.4, -0.2) is 32.7 Å². The van der Waals surface area contributed by atoms with Crippen molar-refractivity contribution in [2.24, 2.45) is 0 Å². The summed E-state index contributed by atoms with van der Waals surface area (Å²) in [6.45, 7) is 0. The second-order valence-electron chi connectivity index (χ2n) is 5.00. The minimum absolute atomic E-state index is 0.127. The van der Waals surface area contributed by atoms with Gasteiger partial charge >= 0.3 is 5.97 Å². The number of hydrogen-bond acceptors (Lipinski definition) is 6. The normalized spacial score (nSPS) is 13.6. The molecule has 0 saturated heterocycles. The Morgan fingerprint density at radius 3 is 2.00 bits per heavy atom. The Balaban J connectivity index is 1.67. The van der Waals surface area contributed by atoms with Crippen LogP contribution in [0.2, 0.25) is 0 Å². The maximum atomic E-state index is 11.8. The van der Waals surface area contributed by atoms with Gasteiger partial charge < -0.3 is 15.1 Å². The molecule has 0 radical (unpaired) electrons. The standard InChI is InChI=1S/C16H12N2O6/c19-12-5-6-13(20)17(12)11-3-1-10(2-4-11)9-16(23)24-18-14(21)7-8-15(18)22/h1-8,21-22H,9H2. The highest BCUT2D eigenvalue weighted by Crippen LogP contribution is 2.21. The summed E-state index contributed by atoms with van der Waals surface area (Å²) in [5.41, 5.74) is 0.967. The SMILES string of the molecule is O=C(Cc1ccc(N2C(=O)C=CC2=O)cc1)On1c(O)ccc1O. The lowest BCUT2D eigenvalue weighted by Gasteiger charge is -2.14. The van der Waals surface area contributed by atoms with Gasteiger partial charge in [0.15, 0.2) is 0 Å². The molecule has 24 heavy (non-hydrogen) atoms. The maximum absolute atomic E-state index is 11.8. The number of benzene rings is 1. The monoisotopic (exact) mass is 328 g/mol. The number of aromatic hydroxyl groups is 2. The number of amides is 2. The lowest BCUT2D eigenvalue weighted by atomic mass is 10.1. The zero-order valence-corrected chi connectivity index (χ0v) is 12.2. The van der Waals surface area contributed by atoms with Gasteiger partial charge in [0.25, 0.3) is 11.8 Å². The maximum Gasteiger partial charge on any atom is 0.337 e. The highest BCUT2D eigenvalue weighted by Gasteiger charge is 2.24. The first-order chi connectivity index (χ1) is 11.5. The number of rotatable bonds is 4. The van der Waals surface area contributed by atoms with Crippen molar-refractivity contribution in [2.75, 3.05) is 4.90 Å². The number of carbonyl (C=O) groups excluding carboxylic acids is 3. The predicted molar refractivity (Wildman–Crippen MR) is 81.1 cm³/mol. The van der Waals surface area contributed by atoms with Crippen LogP contribution in [0.3, 0.4) is 0 Å². The van der Waals surface area contributed by atoms with Crippen LogP contribution in [0.5, 0.6) is 11.8 Å². The Bertz CT molecular complexity index is 812. The van der Waals surface area contributed by atoms with Gasteiger partial charge in [-0.05, 0) is 17.7 Å². The molecule has 1 aliphatic rings. The third kappa shape index (κ3) is 2.84. The van der Waals surface area contributed by atoms with E-state index in [1.54, 1.807) is 12.1 Å². The van der Waals surface area contributed by atoms with E-state index in [0.29, 0.717) is 16.0 Å². The van der Waals surface area contributed by atoms with Gasteiger partial charge in [-0.3, -0.25) is 9.59 Å². The van der Waals surface area contributed by atoms with Gasteiger partial charge in [0.2, 0.25) is 11.8 Å². The fourth-order valence-corrected chi connectivity index (χ4v) is 2.21. The zero-order valence-electron chi connectivity index (χ0n) is 12.2. The van der Waals surface area contributed by atoms with Crippen molar-refractivity contribution in [3.63, 3.8) is 0 Å². The second-order valence-corrected chi connectivity index (χ2v) is 5.00. The van der Waals surface area contributed by atoms with Crippen LogP contribution in [0.25, 0.3) is 0 Å². The molecule has 8 heteroatoms. The molecule has 0 unspecified atom stereocenters. The van der Waals surface area contributed by atoms with Crippen LogP contribution in [0.15, 0.2) is 48.6 Å². The van der Waals surface area contributed by atoms with Crippen LogP contribution in [0, 0.1) is 0 Å². The first-order valence-electron chi connectivity index (χ1n) is 6.91. The van der Waals surface area contributed by atoms with E-state index in [1.165, 1.54) is 36.4 Å². The molecular formula is C16H12N2O6. The number of aromatic nitrogens is 1. The summed E-state index contributed by atoms with van der Waals surface area (Å²) in [5, 5.41) is 18.8. The van der Waals surface area contributed by atoms with Gasteiger partial charge in [0, 0.05) is 24.3 Å². The lowest BCUT2D eigenvalue weighted by molar-refractivity contribution is -0.144. The highest BCUT2D eigenvalue weighted by molar-refractivity contribution is 6.28. The predicted octanol–water partition coefficient (Wildman–Crippen LogP) is 0.527. The Hall–Kier alpha value is -3.55. The van der Waals surface area contributed by atoms with Crippen molar-refractivity contribution in [2.45, 2.75) is 6.42 Å². The molecule has 0 atom stereocenters. The van der Waals surface area contributed by atoms with E-state index in [1.807, 2.05) is 0 Å². The molecule has 2 aromatic rings. The molecule has 2 amide bonds. The van der Waals surface area contributed by atoms with E-state index < -0.39 is 29.5 Å². The summed E-state index contributed by atoms with van der Waals surface area (Å²) >= 11 is 0. The van der Waals surface area contributed by atoms with E-state index in [4.69, 9.17) is 4.84 Å². The average molecular weight is 328 g/mol. The number of imide groups is 1. The number of anilines is 1. The van der Waals surface area contributed by atoms with Crippen molar-refractivity contribution in [1.82, 2.24) is 4.73 Å². The first-order valence-corrected chi connectivity index (χ1v) is 6.91. The zero-order chi connectivity index (χ0) is 17.3. The molecule has 0 aliphatic carbocycles. The van der Waals surface area contributed by atoms with E-state index in [9.17, 15) is 24.6 Å². The average Bonchev–Trinajstić information content (AvgIpc) is 3.04. The Morgan fingerprint density at radius 2 is 1.46 bits per heavy atom. The summed E-state index contributed by atoms with van der Waals surface area (Å²) in [7, 11) is 0. The molecule has 2 heterocycles. The number of carbonyl (C=O) groups is 3. The van der Waals surface area contributed by atoms with Gasteiger partial charge in [-0.15, -0.1) is 4.73 Å². The van der Waals surface area contributed by atoms with Crippen molar-refractivity contribution in [3.05, 3.63) is 54.1 Å². The largest absolute Gasteiger partial charge is 0.492 e. The molecule has 1 aromatic heterocycles. The third-order valence-electron chi connectivity index (χ3n) is 3.34. The van der Waals surface area contributed by atoms with E-state index in [0.717, 1.165) is 4.90 Å². The summed E-state index contributed by atoms with van der Waals surface area (Å²) in [6, 6.07) is 8.58. The molecule has 1 aliphatic heterocycles. The summed E-state index contributed by atoms with van der Waals surface area (Å²) in [6.07, 6.45) is 2.24. The van der Waals surface area contributed by atoms with Gasteiger partial charge in [-0.25, -0.2) is 9.69 Å². The van der Waals surface area contributed by atoms with Crippen LogP contribution in [0.4, 0.5) is 5.69 Å². The van der Waals surface area contributed by atoms with Crippen molar-refractivity contribution in [1.29, 1.82) is 0 Å². The number of hydrogen-bond donors (Lipinski definition) is 2. The summed E-state index contributed by atoms with van der Waals surface area (Å²) in [4.78, 5) is 40.8. The molecule has 2 N–H and O–H groups in total.